The second-order valence-electron chi connectivity index (χ2n) is 3.97. The number of pyridine rings is 1. The van der Waals surface area contributed by atoms with E-state index in [-0.39, 0.29) is 30.0 Å². The Kier molecular flexibility index (Phi) is 1.86. The minimum absolute atomic E-state index is 0.0677. The van der Waals surface area contributed by atoms with Crippen molar-refractivity contribution < 1.29 is 9.90 Å². The molecule has 0 radical (unpaired) electrons. The van der Waals surface area contributed by atoms with Crippen molar-refractivity contribution in [1.29, 1.82) is 0 Å². The predicted molar refractivity (Wildman–Crippen MR) is 78.7 cm³/mol. The van der Waals surface area contributed by atoms with E-state index < -0.39 is 0 Å². The van der Waals surface area contributed by atoms with Gasteiger partial charge in [-0.05, 0) is 18.2 Å². The molecular weight excluding hydrogens is 234 g/mol. The van der Waals surface area contributed by atoms with Crippen molar-refractivity contribution >= 4 is 22.6 Å². The molecule has 2 heterocycles. The summed E-state index contributed by atoms with van der Waals surface area (Å²) in [6.07, 6.45) is 1.27. The molecule has 0 aliphatic carbocycles. The fraction of sp³-hybridized carbons (Fsp3) is 0. The molecule has 0 N–H and O–H groups in total. The fourth-order valence-electron chi connectivity index (χ4n) is 1.97. The van der Waals surface area contributed by atoms with Crippen molar-refractivity contribution in [2.75, 3.05) is 0 Å². The molecule has 92 valence electrons. The van der Waals surface area contributed by atoms with Gasteiger partial charge in [0, 0.05) is 22.7 Å². The number of nitrogens with zero attached hydrogens (tertiary/aromatic N) is 1. The summed E-state index contributed by atoms with van der Waals surface area (Å²) in [6.45, 7) is 7.71. The third kappa shape index (κ3) is 1.87. The van der Waals surface area contributed by atoms with Gasteiger partial charge in [0.05, 0.1) is 11.2 Å². The molecule has 2 nitrogen and oxygen atoms in total. The van der Waals surface area contributed by atoms with E-state index in [4.69, 9.17) is 9.90 Å². The highest BCUT2D eigenvalue weighted by Crippen LogP contribution is 2.33. The van der Waals surface area contributed by atoms with Crippen LogP contribution < -0.4 is 0 Å². The quantitative estimate of drug-likeness (QED) is 0.683. The summed E-state index contributed by atoms with van der Waals surface area (Å²) in [5.41, 5.74) is 1.74. The molecule has 0 atom stereocenters. The molecule has 19 heavy (non-hydrogen) atoms. The van der Waals surface area contributed by atoms with E-state index in [0.29, 0.717) is 16.9 Å². The SMILES string of the molecule is [2H]c1nc(C(=C)c2oc3ccccc3c2C=C)c([2H])c([2H])c1[2H]. The summed E-state index contributed by atoms with van der Waals surface area (Å²) in [4.78, 5) is 3.93. The van der Waals surface area contributed by atoms with Gasteiger partial charge < -0.3 is 4.42 Å². The van der Waals surface area contributed by atoms with Gasteiger partial charge in [-0.1, -0.05) is 43.5 Å². The smallest absolute Gasteiger partial charge is 0.144 e. The van der Waals surface area contributed by atoms with E-state index in [1.165, 1.54) is 0 Å². The molecular formula is C17H13NO. The van der Waals surface area contributed by atoms with Gasteiger partial charge in [0.25, 0.3) is 0 Å². The maximum Gasteiger partial charge on any atom is 0.144 e. The lowest BCUT2D eigenvalue weighted by Gasteiger charge is -2.02. The van der Waals surface area contributed by atoms with Crippen LogP contribution in [-0.2, 0) is 0 Å². The van der Waals surface area contributed by atoms with Crippen LogP contribution in [0.2, 0.25) is 0 Å². The van der Waals surface area contributed by atoms with E-state index in [9.17, 15) is 0 Å². The Morgan fingerprint density at radius 3 is 3.00 bits per heavy atom. The van der Waals surface area contributed by atoms with Crippen LogP contribution in [0.15, 0.2) is 66.1 Å². The third-order valence-corrected chi connectivity index (χ3v) is 2.86. The van der Waals surface area contributed by atoms with Gasteiger partial charge in [0.1, 0.15) is 11.3 Å². The van der Waals surface area contributed by atoms with Gasteiger partial charge in [-0.15, -0.1) is 0 Å². The zero-order chi connectivity index (χ0) is 16.7. The average molecular weight is 251 g/mol. The highest BCUT2D eigenvalue weighted by atomic mass is 16.3. The molecule has 0 saturated heterocycles. The van der Waals surface area contributed by atoms with Crippen molar-refractivity contribution in [3.05, 3.63) is 78.7 Å². The minimum atomic E-state index is -0.375. The number of hydrogen-bond acceptors (Lipinski definition) is 2. The van der Waals surface area contributed by atoms with Crippen molar-refractivity contribution in [2.45, 2.75) is 0 Å². The van der Waals surface area contributed by atoms with E-state index in [2.05, 4.69) is 18.1 Å². The lowest BCUT2D eigenvalue weighted by molar-refractivity contribution is 0.599. The Bertz CT molecular complexity index is 959. The number of benzene rings is 1. The van der Waals surface area contributed by atoms with Crippen LogP contribution >= 0.6 is 0 Å². The van der Waals surface area contributed by atoms with Crippen molar-refractivity contribution in [1.82, 2.24) is 4.98 Å². The number of aromatic nitrogens is 1. The first-order valence-corrected chi connectivity index (χ1v) is 5.73. The van der Waals surface area contributed by atoms with E-state index in [1.54, 1.807) is 6.08 Å². The third-order valence-electron chi connectivity index (χ3n) is 2.86. The lowest BCUT2D eigenvalue weighted by atomic mass is 10.0. The Morgan fingerprint density at radius 1 is 1.32 bits per heavy atom. The first kappa shape index (κ1) is 7.74. The highest BCUT2D eigenvalue weighted by molar-refractivity contribution is 5.94. The van der Waals surface area contributed by atoms with Gasteiger partial charge in [-0.3, -0.25) is 4.98 Å². The van der Waals surface area contributed by atoms with Crippen LogP contribution in [0, 0.1) is 0 Å². The molecule has 2 heteroatoms. The maximum atomic E-state index is 7.99. The standard InChI is InChI=1S/C17H13NO/c1-3-13-14-8-4-5-10-16(14)19-17(13)12(2)15-9-6-7-11-18-15/h3-11H,1-2H2/i6D,7D,9D,11D. The number of furan rings is 1. The molecule has 0 aliphatic rings. The zero-order valence-corrected chi connectivity index (χ0v) is 10.2. The normalized spacial score (nSPS) is 13.5. The Morgan fingerprint density at radius 2 is 2.16 bits per heavy atom. The van der Waals surface area contributed by atoms with E-state index in [0.717, 1.165) is 10.9 Å². The first-order chi connectivity index (χ1) is 11.0. The minimum Gasteiger partial charge on any atom is -0.455 e. The maximum absolute atomic E-state index is 7.99. The highest BCUT2D eigenvalue weighted by Gasteiger charge is 2.15. The Labute approximate surface area is 117 Å². The molecule has 0 saturated carbocycles. The molecule has 0 aliphatic heterocycles. The molecule has 0 spiro atoms. The average Bonchev–Trinajstić information content (AvgIpc) is 2.94. The largest absolute Gasteiger partial charge is 0.455 e. The number of rotatable bonds is 3. The molecule has 0 bridgehead atoms. The Hall–Kier alpha value is -2.61. The van der Waals surface area contributed by atoms with Crippen LogP contribution in [0.3, 0.4) is 0 Å². The monoisotopic (exact) mass is 251 g/mol. The first-order valence-electron chi connectivity index (χ1n) is 7.73. The van der Waals surface area contributed by atoms with Crippen LogP contribution in [0.1, 0.15) is 22.5 Å². The van der Waals surface area contributed by atoms with Crippen LogP contribution in [0.5, 0.6) is 0 Å². The van der Waals surface area contributed by atoms with Crippen LogP contribution in [0.4, 0.5) is 0 Å². The molecule has 0 amide bonds. The summed E-state index contributed by atoms with van der Waals surface area (Å²) in [6, 6.07) is 6.46. The summed E-state index contributed by atoms with van der Waals surface area (Å²) >= 11 is 0. The summed E-state index contributed by atoms with van der Waals surface area (Å²) in [7, 11) is 0. The van der Waals surface area contributed by atoms with E-state index in [1.807, 2.05) is 24.3 Å². The van der Waals surface area contributed by atoms with Crippen molar-refractivity contribution in [3.8, 4) is 0 Å². The lowest BCUT2D eigenvalue weighted by Crippen LogP contribution is -1.89. The van der Waals surface area contributed by atoms with Gasteiger partial charge in [-0.2, -0.15) is 0 Å². The van der Waals surface area contributed by atoms with E-state index >= 15 is 0 Å². The zero-order valence-electron chi connectivity index (χ0n) is 14.2. The molecule has 0 unspecified atom stereocenters. The van der Waals surface area contributed by atoms with Crippen molar-refractivity contribution in [3.63, 3.8) is 0 Å². The predicted octanol–water partition coefficient (Wildman–Crippen LogP) is 4.53. The molecule has 1 aromatic carbocycles. The van der Waals surface area contributed by atoms with Crippen LogP contribution in [0.25, 0.3) is 22.6 Å². The van der Waals surface area contributed by atoms with Crippen LogP contribution in [-0.4, -0.2) is 4.98 Å². The molecule has 0 fully saturated rings. The van der Waals surface area contributed by atoms with Crippen molar-refractivity contribution in [2.24, 2.45) is 0 Å². The van der Waals surface area contributed by atoms with Gasteiger partial charge in [0.2, 0.25) is 0 Å². The number of para-hydroxylation sites is 1. The van der Waals surface area contributed by atoms with Gasteiger partial charge >= 0.3 is 0 Å². The second-order valence-corrected chi connectivity index (χ2v) is 3.97. The second kappa shape index (κ2) is 4.58. The Balaban J connectivity index is 2.24. The van der Waals surface area contributed by atoms with Gasteiger partial charge in [-0.25, -0.2) is 0 Å². The molecule has 2 aromatic heterocycles. The fourth-order valence-corrected chi connectivity index (χ4v) is 1.97. The number of fused-ring (bicyclic) bond motifs is 1. The summed E-state index contributed by atoms with van der Waals surface area (Å²) in [5.74, 6) is 0.402. The summed E-state index contributed by atoms with van der Waals surface area (Å²) in [5, 5.41) is 0.861. The topological polar surface area (TPSA) is 26.0 Å². The molecule has 3 aromatic rings. The molecule has 3 rings (SSSR count). The number of hydrogen-bond donors (Lipinski definition) is 0. The van der Waals surface area contributed by atoms with Gasteiger partial charge in [0.15, 0.2) is 0 Å². The summed E-state index contributed by atoms with van der Waals surface area (Å²) < 4.78 is 36.8.